The molecule has 0 radical (unpaired) electrons. The largest absolute Gasteiger partial charge is 0.488 e. The zero-order valence-electron chi connectivity index (χ0n) is 56.5. The van der Waals surface area contributed by atoms with E-state index >= 15 is 0 Å². The number of nitrogens with two attached hydrogens (primary N) is 4. The van der Waals surface area contributed by atoms with Gasteiger partial charge in [-0.25, -0.2) is 24.9 Å². The smallest absolute Gasteiger partial charge is 0.231 e. The third kappa shape index (κ3) is 32.2. The van der Waals surface area contributed by atoms with Crippen molar-refractivity contribution in [3.8, 4) is 34.5 Å². The molecule has 0 saturated carbocycles. The number of aryl methyl sites for hydroxylation is 1. The molecule has 33 heteroatoms. The number of methoxy groups -OCH3 is 2. The summed E-state index contributed by atoms with van der Waals surface area (Å²) in [6.45, 7) is 11.2. The van der Waals surface area contributed by atoms with Crippen LogP contribution in [0.5, 0.6) is 34.5 Å². The quantitative estimate of drug-likeness (QED) is 0.0165. The summed E-state index contributed by atoms with van der Waals surface area (Å²) < 4.78 is 43.3. The van der Waals surface area contributed by atoms with E-state index in [-0.39, 0.29) is 142 Å². The molecule has 0 aliphatic carbocycles. The average molecular weight is 1430 g/mol. The van der Waals surface area contributed by atoms with Crippen LogP contribution in [-0.2, 0) is 22.5 Å². The van der Waals surface area contributed by atoms with E-state index in [1.165, 1.54) is 12.4 Å². The number of nitrogens with zero attached hydrogens (tertiary/aromatic N) is 9. The van der Waals surface area contributed by atoms with Crippen molar-refractivity contribution in [1.29, 1.82) is 0 Å². The highest BCUT2D eigenvalue weighted by Gasteiger charge is 2.19. The second-order valence-electron chi connectivity index (χ2n) is 21.3. The Labute approximate surface area is 597 Å². The molecule has 8 rings (SSSR count). The third-order valence-electron chi connectivity index (χ3n) is 13.9. The lowest BCUT2D eigenvalue weighted by Gasteiger charge is -2.19. The van der Waals surface area contributed by atoms with Gasteiger partial charge >= 0.3 is 0 Å². The molecule has 16 N–H and O–H groups in total. The minimum atomic E-state index is -0.111. The fourth-order valence-electron chi connectivity index (χ4n) is 8.95. The van der Waals surface area contributed by atoms with Crippen LogP contribution in [0.4, 0.5) is 47.1 Å². The molecule has 0 fully saturated rings. The van der Waals surface area contributed by atoms with E-state index < -0.39 is 0 Å². The number of pyridine rings is 1. The minimum Gasteiger partial charge on any atom is -0.488 e. The van der Waals surface area contributed by atoms with Crippen LogP contribution in [0.2, 0.25) is 0 Å². The van der Waals surface area contributed by atoms with Crippen LogP contribution in [0.1, 0.15) is 110 Å². The van der Waals surface area contributed by atoms with Crippen molar-refractivity contribution in [1.82, 2.24) is 44.9 Å². The van der Waals surface area contributed by atoms with Gasteiger partial charge < -0.3 is 103 Å². The monoisotopic (exact) mass is 1430 g/mol. The Balaban J connectivity index is 0.000000646. The maximum Gasteiger partial charge on any atom is 0.231 e. The molecule has 97 heavy (non-hydrogen) atoms. The minimum absolute atomic E-state index is 0. The Hall–Kier alpha value is -7.47. The second-order valence-corrected chi connectivity index (χ2v) is 21.3. The molecule has 0 amide bonds. The number of benzene rings is 2. The first-order valence-electron chi connectivity index (χ1n) is 31.5. The number of anilines is 8. The van der Waals surface area contributed by atoms with Crippen molar-refractivity contribution in [2.24, 2.45) is 0 Å². The van der Waals surface area contributed by atoms with E-state index in [4.69, 9.17) is 60.8 Å². The van der Waals surface area contributed by atoms with Crippen molar-refractivity contribution in [2.75, 3.05) is 125 Å². The standard InChI is InChI=1S/C20H25N5O2.C19H26N4O4.C13H24N4O3.C12H22N4O3.4H2S/c1-2-3-7-15(12-26)24-19-18(11-22-20(21)25-19)27-13-16-10-9-14-6-4-5-8-17(14)23-16;1-2-4-14(11-24)22-18-17(10-21-19(20)23-18)25-8-3-5-13-6-7-15-16(9-13)27-12-26-15;1-3-4-5-10(9-18)16-12-11(20-7-6-19-2)8-15-13(14)17-12;1-3-4-9(8-17)15-11-10(19-6-5-18-2)7-14-12(13)16-11;;;;/h4-6,8-11,15,26H,2-3,7,12-13H2,1H3,(H3,21,22,24,25);6-7,9-10,14,24H,2-5,8,11-12H2,1H3,(H3,20,21,22,23);8,10,18H,3-7,9H2,1-2H3,(H3,14,15,16,17);7,9,17H,3-6,8H2,1-2H3,(H3,13,14,15,16);4*1H2/t15-;14-;10-;9-;;;;/m0000..../s1. The zero-order valence-corrected chi connectivity index (χ0v) is 60.5. The van der Waals surface area contributed by atoms with Gasteiger partial charge in [0, 0.05) is 19.6 Å². The molecule has 29 nitrogen and oxygen atoms in total. The summed E-state index contributed by atoms with van der Waals surface area (Å²) in [5.41, 5.74) is 25.5. The molecule has 7 aromatic rings. The normalized spacial score (nSPS) is 12.0. The number of para-hydroxylation sites is 1. The van der Waals surface area contributed by atoms with E-state index in [1.54, 1.807) is 26.6 Å². The Morgan fingerprint density at radius 3 is 1.29 bits per heavy atom. The van der Waals surface area contributed by atoms with E-state index in [0.717, 1.165) is 111 Å². The highest BCUT2D eigenvalue weighted by Crippen LogP contribution is 2.33. The van der Waals surface area contributed by atoms with Crippen LogP contribution in [0.3, 0.4) is 0 Å². The summed E-state index contributed by atoms with van der Waals surface area (Å²) in [5, 5.41) is 51.5. The molecule has 5 aromatic heterocycles. The fraction of sp³-hybridized carbons (Fsp3) is 0.516. The molecular formula is C64H105N17O12S4. The number of ether oxygens (including phenoxy) is 8. The first-order chi connectivity index (χ1) is 45.3. The van der Waals surface area contributed by atoms with Gasteiger partial charge in [0.05, 0.1) is 106 Å². The molecule has 1 aliphatic heterocycles. The second kappa shape index (κ2) is 50.8. The first kappa shape index (κ1) is 87.5. The number of fused-ring (bicyclic) bond motifs is 2. The van der Waals surface area contributed by atoms with Gasteiger partial charge in [0.15, 0.2) is 57.8 Å². The molecule has 0 unspecified atom stereocenters. The number of rotatable bonds is 38. The van der Waals surface area contributed by atoms with E-state index in [9.17, 15) is 20.4 Å². The van der Waals surface area contributed by atoms with Gasteiger partial charge in [0.2, 0.25) is 30.6 Å². The molecule has 1 aliphatic rings. The summed E-state index contributed by atoms with van der Waals surface area (Å²) in [6, 6.07) is 17.5. The Morgan fingerprint density at radius 2 is 0.866 bits per heavy atom. The number of hydrogen-bond acceptors (Lipinski definition) is 29. The molecular weight excluding hydrogens is 1330 g/mol. The molecule has 0 bridgehead atoms. The number of nitrogens with one attached hydrogen (secondary N) is 4. The van der Waals surface area contributed by atoms with Gasteiger partial charge in [0.25, 0.3) is 0 Å². The zero-order chi connectivity index (χ0) is 67.0. The van der Waals surface area contributed by atoms with Gasteiger partial charge in [-0.1, -0.05) is 96.6 Å². The molecule has 4 atom stereocenters. The van der Waals surface area contributed by atoms with Crippen LogP contribution in [-0.4, -0.2) is 170 Å². The number of nitrogen functional groups attached to an aromatic ring is 4. The third-order valence-corrected chi connectivity index (χ3v) is 13.9. The molecule has 6 heterocycles. The van der Waals surface area contributed by atoms with Crippen LogP contribution in [0, 0.1) is 0 Å². The maximum absolute atomic E-state index is 9.59. The van der Waals surface area contributed by atoms with Crippen LogP contribution >= 0.6 is 54.0 Å². The molecule has 0 saturated heterocycles. The van der Waals surface area contributed by atoms with Crippen LogP contribution in [0.15, 0.2) is 79.4 Å². The SMILES string of the molecule is CCCC[C@@H](CO)Nc1nc(N)ncc1OCCOC.CCCC[C@@H](CO)Nc1nc(N)ncc1OCc1ccc2ccccc2n1.CCC[C@@H](CO)Nc1nc(N)ncc1OCCCc1ccc2c(c1)OCO2.CCC[C@@H](CO)Nc1nc(N)ncc1OCCOC.S.S.S.S. The number of unbranched alkanes of at least 4 members (excludes halogenated alkanes) is 2. The van der Waals surface area contributed by atoms with Crippen molar-refractivity contribution in [3.05, 3.63) is 90.6 Å². The summed E-state index contributed by atoms with van der Waals surface area (Å²) in [5.74, 6) is 6.24. The lowest BCUT2D eigenvalue weighted by Crippen LogP contribution is -2.25. The van der Waals surface area contributed by atoms with Gasteiger partial charge in [-0.3, -0.25) is 0 Å². The number of aliphatic hydroxyl groups is 4. The molecule has 2 aromatic carbocycles. The van der Waals surface area contributed by atoms with E-state index in [1.807, 2.05) is 54.6 Å². The summed E-state index contributed by atoms with van der Waals surface area (Å²) in [4.78, 5) is 37.1. The lowest BCUT2D eigenvalue weighted by atomic mass is 10.1. The fourth-order valence-corrected chi connectivity index (χ4v) is 8.95. The average Bonchev–Trinajstić information content (AvgIpc) is 2.04. The van der Waals surface area contributed by atoms with Crippen molar-refractivity contribution < 1.29 is 58.3 Å². The van der Waals surface area contributed by atoms with E-state index in [0.29, 0.717) is 79.3 Å². The van der Waals surface area contributed by atoms with Crippen molar-refractivity contribution >= 4 is 112 Å². The number of aliphatic hydroxyl groups excluding tert-OH is 4. The van der Waals surface area contributed by atoms with Gasteiger partial charge in [-0.2, -0.15) is 73.9 Å². The van der Waals surface area contributed by atoms with Gasteiger partial charge in [-0.15, -0.1) is 0 Å². The maximum atomic E-state index is 9.59. The van der Waals surface area contributed by atoms with Crippen molar-refractivity contribution in [2.45, 2.75) is 136 Å². The van der Waals surface area contributed by atoms with Crippen LogP contribution < -0.4 is 72.6 Å². The summed E-state index contributed by atoms with van der Waals surface area (Å²) in [6.07, 6.45) is 17.2. The molecule has 0 spiro atoms. The summed E-state index contributed by atoms with van der Waals surface area (Å²) >= 11 is 0. The molecule has 542 valence electrons. The predicted molar refractivity (Wildman–Crippen MR) is 401 cm³/mol. The first-order valence-corrected chi connectivity index (χ1v) is 31.5. The predicted octanol–water partition coefficient (Wildman–Crippen LogP) is 7.68. The number of hydrogen-bond donors (Lipinski definition) is 12. The summed E-state index contributed by atoms with van der Waals surface area (Å²) in [7, 11) is 3.21. The Bertz CT molecular complexity index is 3240. The highest BCUT2D eigenvalue weighted by atomic mass is 32.1. The van der Waals surface area contributed by atoms with E-state index in [2.05, 4.69) is 93.8 Å². The van der Waals surface area contributed by atoms with Gasteiger partial charge in [-0.05, 0) is 68.4 Å². The Morgan fingerprint density at radius 1 is 0.454 bits per heavy atom. The van der Waals surface area contributed by atoms with Crippen LogP contribution in [0.25, 0.3) is 10.9 Å². The topological polar surface area (TPSA) is 423 Å². The highest BCUT2D eigenvalue weighted by molar-refractivity contribution is 7.59. The van der Waals surface area contributed by atoms with Gasteiger partial charge in [0.1, 0.15) is 19.8 Å². The van der Waals surface area contributed by atoms with Crippen molar-refractivity contribution in [3.63, 3.8) is 0 Å². The Kier molecular flexibility index (Phi) is 45.9. The lowest BCUT2D eigenvalue weighted by molar-refractivity contribution is 0.146. The number of aromatic nitrogens is 9.